The van der Waals surface area contributed by atoms with Gasteiger partial charge in [-0.2, -0.15) is 13.2 Å². The third kappa shape index (κ3) is 4.65. The van der Waals surface area contributed by atoms with E-state index < -0.39 is 11.7 Å². The minimum absolute atomic E-state index is 0.0896. The van der Waals surface area contributed by atoms with Gasteiger partial charge in [0.2, 0.25) is 5.88 Å². The second-order valence-electron chi connectivity index (χ2n) is 6.51. The van der Waals surface area contributed by atoms with Crippen molar-refractivity contribution in [3.63, 3.8) is 0 Å². The van der Waals surface area contributed by atoms with Crippen molar-refractivity contribution in [2.24, 2.45) is 0 Å². The number of anilines is 1. The van der Waals surface area contributed by atoms with Crippen LogP contribution < -0.4 is 14.8 Å². The van der Waals surface area contributed by atoms with Crippen LogP contribution in [0.25, 0.3) is 10.9 Å². The molecule has 0 saturated carbocycles. The summed E-state index contributed by atoms with van der Waals surface area (Å²) in [4.78, 5) is 4.32. The Kier molecular flexibility index (Phi) is 5.63. The molecule has 0 atom stereocenters. The van der Waals surface area contributed by atoms with Crippen LogP contribution in [-0.2, 0) is 6.18 Å². The number of rotatable bonds is 6. The summed E-state index contributed by atoms with van der Waals surface area (Å²) in [6.45, 7) is 6.28. The Balaban J connectivity index is 1.92. The number of pyridine rings is 1. The highest BCUT2D eigenvalue weighted by molar-refractivity contribution is 5.82. The maximum atomic E-state index is 13.5. The molecule has 28 heavy (non-hydrogen) atoms. The molecule has 7 heteroatoms. The first-order valence-corrected chi connectivity index (χ1v) is 8.96. The summed E-state index contributed by atoms with van der Waals surface area (Å²) in [5.74, 6) is -0.0939. The van der Waals surface area contributed by atoms with Crippen LogP contribution in [0.1, 0.15) is 26.3 Å². The molecule has 1 aromatic heterocycles. The molecule has 3 aromatic rings. The van der Waals surface area contributed by atoms with Gasteiger partial charge in [-0.25, -0.2) is 4.98 Å². The predicted molar refractivity (Wildman–Crippen MR) is 103 cm³/mol. The number of nitrogens with one attached hydrogen (secondary N) is 1. The first-order chi connectivity index (χ1) is 13.3. The number of halogens is 3. The molecule has 4 nitrogen and oxygen atoms in total. The van der Waals surface area contributed by atoms with E-state index in [0.29, 0.717) is 5.52 Å². The van der Waals surface area contributed by atoms with Gasteiger partial charge in [0.1, 0.15) is 17.1 Å². The fraction of sp³-hybridized carbons (Fsp3) is 0.286. The fourth-order valence-electron chi connectivity index (χ4n) is 2.76. The maximum Gasteiger partial charge on any atom is 0.420 e. The minimum atomic E-state index is -4.58. The summed E-state index contributed by atoms with van der Waals surface area (Å²) in [5, 5.41) is 4.06. The molecular formula is C21H21F3N2O2. The molecule has 0 aliphatic rings. The first-order valence-electron chi connectivity index (χ1n) is 8.96. The van der Waals surface area contributed by atoms with Crippen LogP contribution in [0.5, 0.6) is 17.4 Å². The molecule has 0 spiro atoms. The van der Waals surface area contributed by atoms with E-state index in [0.717, 1.165) is 23.7 Å². The number of ether oxygens (including phenoxy) is 2. The van der Waals surface area contributed by atoms with Crippen molar-refractivity contribution < 1.29 is 22.6 Å². The zero-order chi connectivity index (χ0) is 20.3. The van der Waals surface area contributed by atoms with Gasteiger partial charge in [0.15, 0.2) is 0 Å². The Morgan fingerprint density at radius 2 is 1.82 bits per heavy atom. The number of nitrogens with zero attached hydrogens (tertiary/aromatic N) is 1. The second kappa shape index (κ2) is 7.96. The molecule has 0 aliphatic heterocycles. The smallest absolute Gasteiger partial charge is 0.420 e. The maximum absolute atomic E-state index is 13.5. The SMILES string of the molecule is CCNc1ccc2nc(Oc3ccc(OC(C)C)cc3C(F)(F)F)ccc2c1. The van der Waals surface area contributed by atoms with Crippen molar-refractivity contribution in [2.45, 2.75) is 33.1 Å². The third-order valence-electron chi connectivity index (χ3n) is 3.89. The fourth-order valence-corrected chi connectivity index (χ4v) is 2.76. The molecule has 0 fully saturated rings. The van der Waals surface area contributed by atoms with Crippen LogP contribution in [-0.4, -0.2) is 17.6 Å². The zero-order valence-electron chi connectivity index (χ0n) is 15.8. The quantitative estimate of drug-likeness (QED) is 0.539. The Labute approximate surface area is 161 Å². The van der Waals surface area contributed by atoms with E-state index in [1.54, 1.807) is 32.0 Å². The Hall–Kier alpha value is -2.96. The van der Waals surface area contributed by atoms with E-state index in [4.69, 9.17) is 9.47 Å². The molecular weight excluding hydrogens is 369 g/mol. The molecule has 1 N–H and O–H groups in total. The van der Waals surface area contributed by atoms with E-state index in [9.17, 15) is 13.2 Å². The topological polar surface area (TPSA) is 43.4 Å². The largest absolute Gasteiger partial charge is 0.491 e. The van der Waals surface area contributed by atoms with Gasteiger partial charge in [-0.15, -0.1) is 0 Å². The second-order valence-corrected chi connectivity index (χ2v) is 6.51. The van der Waals surface area contributed by atoms with Crippen molar-refractivity contribution in [1.82, 2.24) is 4.98 Å². The molecule has 0 unspecified atom stereocenters. The molecule has 0 bridgehead atoms. The summed E-state index contributed by atoms with van der Waals surface area (Å²) in [6.07, 6.45) is -4.81. The van der Waals surface area contributed by atoms with Gasteiger partial charge in [0.25, 0.3) is 0 Å². The van der Waals surface area contributed by atoms with Crippen LogP contribution in [0.3, 0.4) is 0 Å². The Morgan fingerprint density at radius 3 is 2.50 bits per heavy atom. The van der Waals surface area contributed by atoms with Crippen molar-refractivity contribution >= 4 is 16.6 Å². The summed E-state index contributed by atoms with van der Waals surface area (Å²) >= 11 is 0. The van der Waals surface area contributed by atoms with Crippen LogP contribution >= 0.6 is 0 Å². The molecule has 3 rings (SSSR count). The average Bonchev–Trinajstić information content (AvgIpc) is 2.62. The number of fused-ring (bicyclic) bond motifs is 1. The molecule has 0 aliphatic carbocycles. The highest BCUT2D eigenvalue weighted by Gasteiger charge is 2.35. The lowest BCUT2D eigenvalue weighted by atomic mass is 10.1. The van der Waals surface area contributed by atoms with Gasteiger partial charge >= 0.3 is 6.18 Å². The number of benzene rings is 2. The molecule has 0 saturated heterocycles. The molecule has 1 heterocycles. The van der Waals surface area contributed by atoms with Crippen LogP contribution in [0, 0.1) is 0 Å². The predicted octanol–water partition coefficient (Wildman–Crippen LogP) is 6.26. The standard InChI is InChI=1S/C21H21F3N2O2/c1-4-25-15-6-8-18-14(11-15)5-10-20(26-18)28-19-9-7-16(27-13(2)3)12-17(19)21(22,23)24/h5-13,25H,4H2,1-3H3. The van der Waals surface area contributed by atoms with Gasteiger partial charge in [-0.1, -0.05) is 0 Å². The van der Waals surface area contributed by atoms with Gasteiger partial charge in [-0.3, -0.25) is 0 Å². The summed E-state index contributed by atoms with van der Waals surface area (Å²) in [5.41, 5.74) is 0.674. The van der Waals surface area contributed by atoms with Crippen molar-refractivity contribution in [1.29, 1.82) is 0 Å². The molecule has 2 aromatic carbocycles. The summed E-state index contributed by atoms with van der Waals surface area (Å²) in [7, 11) is 0. The van der Waals surface area contributed by atoms with E-state index in [1.807, 2.05) is 19.1 Å². The average molecular weight is 390 g/mol. The van der Waals surface area contributed by atoms with E-state index in [1.165, 1.54) is 12.1 Å². The van der Waals surface area contributed by atoms with Gasteiger partial charge in [0, 0.05) is 23.7 Å². The highest BCUT2D eigenvalue weighted by Crippen LogP contribution is 2.40. The lowest BCUT2D eigenvalue weighted by Crippen LogP contribution is -2.10. The van der Waals surface area contributed by atoms with Gasteiger partial charge in [-0.05, 0) is 63.2 Å². The lowest BCUT2D eigenvalue weighted by molar-refractivity contribution is -0.138. The van der Waals surface area contributed by atoms with E-state index >= 15 is 0 Å². The normalized spacial score (nSPS) is 11.7. The van der Waals surface area contributed by atoms with Gasteiger partial charge in [0.05, 0.1) is 11.6 Å². The lowest BCUT2D eigenvalue weighted by Gasteiger charge is -2.16. The van der Waals surface area contributed by atoms with E-state index in [-0.39, 0.29) is 23.5 Å². The Bertz CT molecular complexity index is 972. The molecule has 148 valence electrons. The number of alkyl halides is 3. The third-order valence-corrected chi connectivity index (χ3v) is 3.89. The van der Waals surface area contributed by atoms with Crippen molar-refractivity contribution in [2.75, 3.05) is 11.9 Å². The number of hydrogen-bond acceptors (Lipinski definition) is 4. The monoisotopic (exact) mass is 390 g/mol. The van der Waals surface area contributed by atoms with Crippen molar-refractivity contribution in [3.8, 4) is 17.4 Å². The first kappa shape index (κ1) is 19.8. The number of aromatic nitrogens is 1. The van der Waals surface area contributed by atoms with Gasteiger partial charge < -0.3 is 14.8 Å². The van der Waals surface area contributed by atoms with Crippen LogP contribution in [0.4, 0.5) is 18.9 Å². The minimum Gasteiger partial charge on any atom is -0.491 e. The number of hydrogen-bond donors (Lipinski definition) is 1. The highest BCUT2D eigenvalue weighted by atomic mass is 19.4. The summed E-state index contributed by atoms with van der Waals surface area (Å²) < 4.78 is 51.3. The van der Waals surface area contributed by atoms with Crippen molar-refractivity contribution in [3.05, 3.63) is 54.1 Å². The van der Waals surface area contributed by atoms with E-state index in [2.05, 4.69) is 10.3 Å². The molecule has 0 radical (unpaired) electrons. The Morgan fingerprint density at radius 1 is 1.04 bits per heavy atom. The zero-order valence-corrected chi connectivity index (χ0v) is 15.8. The molecule has 0 amide bonds. The summed E-state index contributed by atoms with van der Waals surface area (Å²) in [6, 6.07) is 12.5. The van der Waals surface area contributed by atoms with Crippen LogP contribution in [0.2, 0.25) is 0 Å². The van der Waals surface area contributed by atoms with Crippen LogP contribution in [0.15, 0.2) is 48.5 Å².